The quantitative estimate of drug-likeness (QED) is 0.842. The van der Waals surface area contributed by atoms with Crippen LogP contribution in [0.1, 0.15) is 46.7 Å². The van der Waals surface area contributed by atoms with Gasteiger partial charge in [-0.05, 0) is 50.4 Å². The first kappa shape index (κ1) is 17.8. The molecule has 1 N–H and O–H groups in total. The fourth-order valence-electron chi connectivity index (χ4n) is 3.82. The average Bonchev–Trinajstić information content (AvgIpc) is 2.62. The molecule has 3 atom stereocenters. The molecule has 3 heteroatoms. The van der Waals surface area contributed by atoms with Gasteiger partial charge in [-0.15, -0.1) is 0 Å². The van der Waals surface area contributed by atoms with E-state index in [0.717, 1.165) is 19.4 Å². The third-order valence-corrected chi connectivity index (χ3v) is 5.16. The molecule has 2 aromatic carbocycles. The number of rotatable bonds is 5. The minimum Gasteiger partial charge on any atom is -0.392 e. The number of hydrogen-bond acceptors (Lipinski definition) is 3. The van der Waals surface area contributed by atoms with Crippen LogP contribution in [0.5, 0.6) is 0 Å². The van der Waals surface area contributed by atoms with Gasteiger partial charge >= 0.3 is 0 Å². The maximum Gasteiger partial charge on any atom is 0.168 e. The molecule has 1 aliphatic carbocycles. The fourth-order valence-corrected chi connectivity index (χ4v) is 3.82. The lowest BCUT2D eigenvalue weighted by molar-refractivity contribution is 0.0483. The number of Topliss-reactive ketones (excluding diaryl/α,β-unsaturated/α-hetero) is 1. The Bertz CT molecular complexity index is 694. The van der Waals surface area contributed by atoms with Crippen LogP contribution >= 0.6 is 0 Å². The van der Waals surface area contributed by atoms with E-state index in [0.29, 0.717) is 17.9 Å². The van der Waals surface area contributed by atoms with E-state index in [1.165, 1.54) is 11.1 Å². The topological polar surface area (TPSA) is 40.5 Å². The summed E-state index contributed by atoms with van der Waals surface area (Å²) in [6, 6.07) is 18.1. The summed E-state index contributed by atoms with van der Waals surface area (Å²) in [5.41, 5.74) is 3.27. The van der Waals surface area contributed by atoms with Gasteiger partial charge in [0.15, 0.2) is 5.78 Å². The van der Waals surface area contributed by atoms with Crippen molar-refractivity contribution in [2.24, 2.45) is 5.92 Å². The highest BCUT2D eigenvalue weighted by molar-refractivity contribution is 5.98. The molecule has 25 heavy (non-hydrogen) atoms. The van der Waals surface area contributed by atoms with Gasteiger partial charge < -0.3 is 10.0 Å². The Hall–Kier alpha value is -1.97. The van der Waals surface area contributed by atoms with Gasteiger partial charge in [-0.25, -0.2) is 0 Å². The number of nitrogens with zero attached hydrogens (tertiary/aromatic N) is 1. The summed E-state index contributed by atoms with van der Waals surface area (Å²) in [5.74, 6) is 0.110. The van der Waals surface area contributed by atoms with E-state index < -0.39 is 6.10 Å². The van der Waals surface area contributed by atoms with Gasteiger partial charge in [0, 0.05) is 18.0 Å². The van der Waals surface area contributed by atoms with Crippen molar-refractivity contribution in [3.05, 3.63) is 71.3 Å². The molecule has 132 valence electrons. The van der Waals surface area contributed by atoms with Crippen LogP contribution in [0.2, 0.25) is 0 Å². The standard InChI is InChI=1S/C22H27NO2/c1-23(2)15-16-8-10-17(11-9-16)19-12-13-21(24)20(14-19)22(25)18-6-4-3-5-7-18/h3-11,19-21,24H,12-15H2,1-2H3. The summed E-state index contributed by atoms with van der Waals surface area (Å²) in [6.45, 7) is 0.929. The van der Waals surface area contributed by atoms with Crippen molar-refractivity contribution in [1.82, 2.24) is 4.90 Å². The SMILES string of the molecule is CN(C)Cc1ccc(C2CCC(O)C(C(=O)c3ccccc3)C2)cc1. The highest BCUT2D eigenvalue weighted by atomic mass is 16.3. The minimum atomic E-state index is -0.531. The Morgan fingerprint density at radius 3 is 2.36 bits per heavy atom. The second-order valence-corrected chi connectivity index (χ2v) is 7.39. The van der Waals surface area contributed by atoms with Crippen LogP contribution in [0, 0.1) is 5.92 Å². The number of hydrogen-bond donors (Lipinski definition) is 1. The number of carbonyl (C=O) groups is 1. The van der Waals surface area contributed by atoms with Crippen LogP contribution in [-0.4, -0.2) is 36.0 Å². The molecule has 2 aromatic rings. The normalized spacial score (nSPS) is 23.6. The van der Waals surface area contributed by atoms with E-state index in [-0.39, 0.29) is 11.7 Å². The van der Waals surface area contributed by atoms with Crippen LogP contribution in [0.25, 0.3) is 0 Å². The van der Waals surface area contributed by atoms with Gasteiger partial charge in [-0.2, -0.15) is 0 Å². The van der Waals surface area contributed by atoms with E-state index in [9.17, 15) is 9.90 Å². The lowest BCUT2D eigenvalue weighted by Gasteiger charge is -2.33. The molecule has 1 aliphatic rings. The van der Waals surface area contributed by atoms with E-state index in [2.05, 4.69) is 43.3 Å². The predicted molar refractivity (Wildman–Crippen MR) is 101 cm³/mol. The Morgan fingerprint density at radius 2 is 1.72 bits per heavy atom. The first-order chi connectivity index (χ1) is 12.0. The van der Waals surface area contributed by atoms with Crippen molar-refractivity contribution >= 4 is 5.78 Å². The van der Waals surface area contributed by atoms with E-state index >= 15 is 0 Å². The monoisotopic (exact) mass is 337 g/mol. The van der Waals surface area contributed by atoms with Crippen molar-refractivity contribution in [3.63, 3.8) is 0 Å². The summed E-state index contributed by atoms with van der Waals surface area (Å²) in [7, 11) is 4.13. The first-order valence-electron chi connectivity index (χ1n) is 9.05. The predicted octanol–water partition coefficient (Wildman–Crippen LogP) is 3.88. The molecule has 3 nitrogen and oxygen atoms in total. The van der Waals surface area contributed by atoms with Gasteiger partial charge in [-0.1, -0.05) is 54.6 Å². The zero-order valence-electron chi connectivity index (χ0n) is 15.1. The van der Waals surface area contributed by atoms with Crippen molar-refractivity contribution in [2.45, 2.75) is 37.8 Å². The molecule has 0 saturated heterocycles. The van der Waals surface area contributed by atoms with Gasteiger partial charge in [0.1, 0.15) is 0 Å². The summed E-state index contributed by atoms with van der Waals surface area (Å²) < 4.78 is 0. The van der Waals surface area contributed by atoms with E-state index in [4.69, 9.17) is 0 Å². The second-order valence-electron chi connectivity index (χ2n) is 7.39. The van der Waals surface area contributed by atoms with Crippen LogP contribution in [-0.2, 0) is 6.54 Å². The summed E-state index contributed by atoms with van der Waals surface area (Å²) in [5, 5.41) is 10.4. The summed E-state index contributed by atoms with van der Waals surface area (Å²) >= 11 is 0. The molecule has 1 fully saturated rings. The Balaban J connectivity index is 1.73. The summed E-state index contributed by atoms with van der Waals surface area (Å²) in [4.78, 5) is 15.0. The molecule has 0 radical (unpaired) electrons. The first-order valence-corrected chi connectivity index (χ1v) is 9.05. The number of benzene rings is 2. The van der Waals surface area contributed by atoms with Crippen LogP contribution in [0.4, 0.5) is 0 Å². The molecule has 3 unspecified atom stereocenters. The van der Waals surface area contributed by atoms with Crippen molar-refractivity contribution in [3.8, 4) is 0 Å². The molecular weight excluding hydrogens is 310 g/mol. The molecular formula is C22H27NO2. The fraction of sp³-hybridized carbons (Fsp3) is 0.409. The van der Waals surface area contributed by atoms with Crippen molar-refractivity contribution in [1.29, 1.82) is 0 Å². The zero-order valence-corrected chi connectivity index (χ0v) is 15.1. The third-order valence-electron chi connectivity index (χ3n) is 5.16. The lowest BCUT2D eigenvalue weighted by Crippen LogP contribution is -2.34. The van der Waals surface area contributed by atoms with Crippen molar-refractivity contribution < 1.29 is 9.90 Å². The number of carbonyl (C=O) groups excluding carboxylic acids is 1. The summed E-state index contributed by atoms with van der Waals surface area (Å²) in [6.07, 6.45) is 1.82. The molecule has 0 bridgehead atoms. The highest BCUT2D eigenvalue weighted by Crippen LogP contribution is 2.38. The lowest BCUT2D eigenvalue weighted by atomic mass is 9.73. The molecule has 0 amide bonds. The largest absolute Gasteiger partial charge is 0.392 e. The zero-order chi connectivity index (χ0) is 17.8. The molecule has 0 heterocycles. The molecule has 0 spiro atoms. The van der Waals surface area contributed by atoms with E-state index in [1.807, 2.05) is 30.3 Å². The van der Waals surface area contributed by atoms with Crippen LogP contribution < -0.4 is 0 Å². The Kier molecular flexibility index (Phi) is 5.67. The van der Waals surface area contributed by atoms with Crippen LogP contribution in [0.3, 0.4) is 0 Å². The average molecular weight is 337 g/mol. The number of ketones is 1. The van der Waals surface area contributed by atoms with Gasteiger partial charge in [-0.3, -0.25) is 4.79 Å². The molecule has 0 aromatic heterocycles. The molecule has 1 saturated carbocycles. The Morgan fingerprint density at radius 1 is 1.04 bits per heavy atom. The number of aliphatic hydroxyl groups excluding tert-OH is 1. The second kappa shape index (κ2) is 7.94. The third kappa shape index (κ3) is 4.36. The molecule has 3 rings (SSSR count). The van der Waals surface area contributed by atoms with E-state index in [1.54, 1.807) is 0 Å². The van der Waals surface area contributed by atoms with Gasteiger partial charge in [0.2, 0.25) is 0 Å². The van der Waals surface area contributed by atoms with Gasteiger partial charge in [0.25, 0.3) is 0 Å². The smallest absolute Gasteiger partial charge is 0.168 e. The van der Waals surface area contributed by atoms with Crippen LogP contribution in [0.15, 0.2) is 54.6 Å². The molecule has 0 aliphatic heterocycles. The van der Waals surface area contributed by atoms with Crippen molar-refractivity contribution in [2.75, 3.05) is 14.1 Å². The number of aliphatic hydroxyl groups is 1. The maximum absolute atomic E-state index is 12.8. The Labute approximate surface area is 150 Å². The highest BCUT2D eigenvalue weighted by Gasteiger charge is 2.35. The maximum atomic E-state index is 12.8. The minimum absolute atomic E-state index is 0.0713. The van der Waals surface area contributed by atoms with Gasteiger partial charge in [0.05, 0.1) is 6.10 Å².